The Morgan fingerprint density at radius 3 is 2.84 bits per heavy atom. The average molecular weight is 268 g/mol. The van der Waals surface area contributed by atoms with Gasteiger partial charge < -0.3 is 15.0 Å². The van der Waals surface area contributed by atoms with Crippen molar-refractivity contribution in [3.8, 4) is 0 Å². The van der Waals surface area contributed by atoms with Gasteiger partial charge in [0.2, 0.25) is 0 Å². The molecular weight excluding hydrogens is 240 g/mol. The first-order valence-electron chi connectivity index (χ1n) is 7.15. The molecule has 1 aliphatic heterocycles. The standard InChI is InChI=1S/C15H28N2O2/c1-6-12(2)16-10-13-8-7-9-17(11-13)14(18)19-15(3,4)5/h6,12-13,16H,1,7-11H2,2-5H3. The van der Waals surface area contributed by atoms with Crippen LogP contribution in [0.25, 0.3) is 0 Å². The van der Waals surface area contributed by atoms with Crippen LogP contribution in [0.2, 0.25) is 0 Å². The van der Waals surface area contributed by atoms with Crippen molar-refractivity contribution in [1.29, 1.82) is 0 Å². The number of hydrogen-bond donors (Lipinski definition) is 1. The van der Waals surface area contributed by atoms with Gasteiger partial charge in [-0.3, -0.25) is 0 Å². The molecule has 0 saturated carbocycles. The molecule has 4 nitrogen and oxygen atoms in total. The van der Waals surface area contributed by atoms with Crippen molar-refractivity contribution in [2.24, 2.45) is 5.92 Å². The number of piperidine rings is 1. The van der Waals surface area contributed by atoms with E-state index in [-0.39, 0.29) is 6.09 Å². The average Bonchev–Trinajstić information content (AvgIpc) is 2.34. The molecule has 0 bridgehead atoms. The zero-order valence-electron chi connectivity index (χ0n) is 12.7. The minimum atomic E-state index is -0.417. The molecule has 1 amide bonds. The van der Waals surface area contributed by atoms with Gasteiger partial charge in [0.1, 0.15) is 5.60 Å². The molecule has 1 fully saturated rings. The Hall–Kier alpha value is -1.03. The second-order valence-electron chi connectivity index (χ2n) is 6.37. The van der Waals surface area contributed by atoms with E-state index < -0.39 is 5.60 Å². The van der Waals surface area contributed by atoms with E-state index in [1.165, 1.54) is 0 Å². The van der Waals surface area contributed by atoms with Crippen molar-refractivity contribution in [2.45, 2.75) is 52.2 Å². The molecule has 0 radical (unpaired) electrons. The van der Waals surface area contributed by atoms with Gasteiger partial charge in [0.05, 0.1) is 0 Å². The highest BCUT2D eigenvalue weighted by molar-refractivity contribution is 5.68. The maximum atomic E-state index is 12.0. The summed E-state index contributed by atoms with van der Waals surface area (Å²) in [4.78, 5) is 13.9. The highest BCUT2D eigenvalue weighted by Crippen LogP contribution is 2.18. The summed E-state index contributed by atoms with van der Waals surface area (Å²) in [5, 5.41) is 3.41. The molecule has 0 aromatic rings. The van der Waals surface area contributed by atoms with Gasteiger partial charge in [0.15, 0.2) is 0 Å². The number of carbonyl (C=O) groups is 1. The van der Waals surface area contributed by atoms with Crippen molar-refractivity contribution >= 4 is 6.09 Å². The minimum absolute atomic E-state index is 0.186. The van der Waals surface area contributed by atoms with Gasteiger partial charge in [-0.25, -0.2) is 4.79 Å². The molecule has 110 valence electrons. The first-order chi connectivity index (χ1) is 8.81. The van der Waals surface area contributed by atoms with Crippen LogP contribution in [0.1, 0.15) is 40.5 Å². The lowest BCUT2D eigenvalue weighted by Crippen LogP contribution is -2.45. The molecule has 4 heteroatoms. The van der Waals surface area contributed by atoms with Crippen LogP contribution in [0.15, 0.2) is 12.7 Å². The predicted molar refractivity (Wildman–Crippen MR) is 78.2 cm³/mol. The maximum absolute atomic E-state index is 12.0. The lowest BCUT2D eigenvalue weighted by molar-refractivity contribution is 0.0166. The third-order valence-corrected chi connectivity index (χ3v) is 3.25. The highest BCUT2D eigenvalue weighted by atomic mass is 16.6. The number of amides is 1. The second-order valence-corrected chi connectivity index (χ2v) is 6.37. The Morgan fingerprint density at radius 2 is 2.26 bits per heavy atom. The maximum Gasteiger partial charge on any atom is 0.410 e. The molecule has 1 heterocycles. The van der Waals surface area contributed by atoms with E-state index in [0.717, 1.165) is 32.5 Å². The fourth-order valence-electron chi connectivity index (χ4n) is 2.16. The fourth-order valence-corrected chi connectivity index (χ4v) is 2.16. The van der Waals surface area contributed by atoms with Crippen LogP contribution in [0.3, 0.4) is 0 Å². The molecule has 0 aliphatic carbocycles. The molecule has 1 aliphatic rings. The summed E-state index contributed by atoms with van der Waals surface area (Å²) >= 11 is 0. The lowest BCUT2D eigenvalue weighted by Gasteiger charge is -2.34. The van der Waals surface area contributed by atoms with E-state index in [1.807, 2.05) is 31.7 Å². The number of likely N-dealkylation sites (tertiary alicyclic amines) is 1. The van der Waals surface area contributed by atoms with E-state index in [0.29, 0.717) is 12.0 Å². The van der Waals surface area contributed by atoms with E-state index in [2.05, 4.69) is 18.8 Å². The Morgan fingerprint density at radius 1 is 1.58 bits per heavy atom. The summed E-state index contributed by atoms with van der Waals surface area (Å²) in [6.07, 6.45) is 3.92. The summed E-state index contributed by atoms with van der Waals surface area (Å²) in [5.74, 6) is 0.503. The first-order valence-corrected chi connectivity index (χ1v) is 7.15. The number of carbonyl (C=O) groups excluding carboxylic acids is 1. The largest absolute Gasteiger partial charge is 0.444 e. The topological polar surface area (TPSA) is 41.6 Å². The van der Waals surface area contributed by atoms with Crippen LogP contribution >= 0.6 is 0 Å². The molecule has 1 rings (SSSR count). The molecule has 1 saturated heterocycles. The molecule has 19 heavy (non-hydrogen) atoms. The molecule has 1 N–H and O–H groups in total. The molecule has 0 aromatic heterocycles. The second kappa shape index (κ2) is 6.94. The molecule has 2 atom stereocenters. The van der Waals surface area contributed by atoms with E-state index in [4.69, 9.17) is 4.74 Å². The monoisotopic (exact) mass is 268 g/mol. The van der Waals surface area contributed by atoms with Gasteiger partial charge in [-0.2, -0.15) is 0 Å². The molecular formula is C15H28N2O2. The van der Waals surface area contributed by atoms with Crippen LogP contribution in [0.4, 0.5) is 4.79 Å². The van der Waals surface area contributed by atoms with Gasteiger partial charge in [-0.1, -0.05) is 6.08 Å². The number of hydrogen-bond acceptors (Lipinski definition) is 3. The molecule has 0 aromatic carbocycles. The number of rotatable bonds is 4. The Balaban J connectivity index is 2.41. The van der Waals surface area contributed by atoms with Crippen LogP contribution in [-0.4, -0.2) is 42.3 Å². The van der Waals surface area contributed by atoms with Crippen LogP contribution in [0, 0.1) is 5.92 Å². The van der Waals surface area contributed by atoms with Gasteiger partial charge in [0.25, 0.3) is 0 Å². The van der Waals surface area contributed by atoms with Gasteiger partial charge in [-0.05, 0) is 46.5 Å². The summed E-state index contributed by atoms with van der Waals surface area (Å²) < 4.78 is 5.42. The van der Waals surface area contributed by atoms with Gasteiger partial charge in [-0.15, -0.1) is 6.58 Å². The zero-order chi connectivity index (χ0) is 14.5. The van der Waals surface area contributed by atoms with E-state index in [1.54, 1.807) is 0 Å². The van der Waals surface area contributed by atoms with Crippen molar-refractivity contribution in [2.75, 3.05) is 19.6 Å². The van der Waals surface area contributed by atoms with Crippen molar-refractivity contribution in [1.82, 2.24) is 10.2 Å². The van der Waals surface area contributed by atoms with E-state index in [9.17, 15) is 4.79 Å². The Kier molecular flexibility index (Phi) is 5.85. The summed E-state index contributed by atoms with van der Waals surface area (Å²) in [6.45, 7) is 14.1. The van der Waals surface area contributed by atoms with Crippen LogP contribution in [0.5, 0.6) is 0 Å². The normalized spacial score (nSPS) is 21.9. The Bertz CT molecular complexity index is 310. The van der Waals surface area contributed by atoms with Gasteiger partial charge in [0, 0.05) is 25.7 Å². The summed E-state index contributed by atoms with van der Waals surface area (Å²) in [5.41, 5.74) is -0.417. The first kappa shape index (κ1) is 16.0. The van der Waals surface area contributed by atoms with Crippen molar-refractivity contribution in [3.63, 3.8) is 0 Å². The Labute approximate surface area is 117 Å². The van der Waals surface area contributed by atoms with E-state index >= 15 is 0 Å². The molecule has 2 unspecified atom stereocenters. The third kappa shape index (κ3) is 6.10. The minimum Gasteiger partial charge on any atom is -0.444 e. The quantitative estimate of drug-likeness (QED) is 0.797. The predicted octanol–water partition coefficient (Wildman–Crippen LogP) is 2.80. The summed E-state index contributed by atoms with van der Waals surface area (Å²) in [7, 11) is 0. The van der Waals surface area contributed by atoms with Crippen molar-refractivity contribution < 1.29 is 9.53 Å². The van der Waals surface area contributed by atoms with Crippen LogP contribution in [-0.2, 0) is 4.74 Å². The zero-order valence-corrected chi connectivity index (χ0v) is 12.7. The SMILES string of the molecule is C=CC(C)NCC1CCCN(C(=O)OC(C)(C)C)C1. The number of ether oxygens (including phenoxy) is 1. The van der Waals surface area contributed by atoms with Gasteiger partial charge >= 0.3 is 6.09 Å². The lowest BCUT2D eigenvalue weighted by atomic mass is 9.98. The smallest absolute Gasteiger partial charge is 0.410 e. The van der Waals surface area contributed by atoms with Crippen LogP contribution < -0.4 is 5.32 Å². The number of nitrogens with one attached hydrogen (secondary N) is 1. The molecule has 0 spiro atoms. The summed E-state index contributed by atoms with van der Waals surface area (Å²) in [6, 6.07) is 0.317. The highest BCUT2D eigenvalue weighted by Gasteiger charge is 2.27. The van der Waals surface area contributed by atoms with Crippen molar-refractivity contribution in [3.05, 3.63) is 12.7 Å². The fraction of sp³-hybridized carbons (Fsp3) is 0.800. The number of nitrogens with zero attached hydrogens (tertiary/aromatic N) is 1. The third-order valence-electron chi connectivity index (χ3n) is 3.25.